The highest BCUT2D eigenvalue weighted by molar-refractivity contribution is 5.81. The Hall–Kier alpha value is -2.23. The maximum absolute atomic E-state index is 13.0. The number of carbonyl (C=O) groups is 1. The summed E-state index contributed by atoms with van der Waals surface area (Å²) < 4.78 is 25.8. The van der Waals surface area contributed by atoms with Crippen molar-refractivity contribution >= 4 is 5.97 Å². The van der Waals surface area contributed by atoms with Crippen molar-refractivity contribution in [2.75, 3.05) is 0 Å². The van der Waals surface area contributed by atoms with Gasteiger partial charge in [0, 0.05) is 0 Å². The second-order valence-corrected chi connectivity index (χ2v) is 4.95. The van der Waals surface area contributed by atoms with Crippen molar-refractivity contribution in [3.63, 3.8) is 0 Å². The molecule has 0 fully saturated rings. The summed E-state index contributed by atoms with van der Waals surface area (Å²) in [6, 6.07) is 11.1. The fourth-order valence-electron chi connectivity index (χ4n) is 2.13. The van der Waals surface area contributed by atoms with Crippen LogP contribution in [-0.2, 0) is 16.6 Å². The van der Waals surface area contributed by atoms with Crippen LogP contribution in [-0.4, -0.2) is 11.1 Å². The largest absolute Gasteiger partial charge is 0.481 e. The monoisotopic (exact) mass is 276 g/mol. The molecule has 2 nitrogen and oxygen atoms in total. The minimum Gasteiger partial charge on any atom is -0.481 e. The first-order chi connectivity index (χ1) is 9.41. The van der Waals surface area contributed by atoms with Crippen LogP contribution in [0.5, 0.6) is 0 Å². The molecule has 0 heterocycles. The summed E-state index contributed by atoms with van der Waals surface area (Å²) in [6.45, 7) is 1.58. The predicted molar refractivity (Wildman–Crippen MR) is 71.5 cm³/mol. The van der Waals surface area contributed by atoms with Crippen molar-refractivity contribution in [3.8, 4) is 0 Å². The molecule has 0 saturated heterocycles. The van der Waals surface area contributed by atoms with E-state index < -0.39 is 17.2 Å². The van der Waals surface area contributed by atoms with Crippen molar-refractivity contribution in [1.82, 2.24) is 0 Å². The molecule has 0 aromatic heterocycles. The maximum Gasteiger partial charge on any atom is 0.314 e. The summed E-state index contributed by atoms with van der Waals surface area (Å²) in [5, 5.41) is 9.50. The number of halogens is 2. The van der Waals surface area contributed by atoms with Gasteiger partial charge < -0.3 is 5.11 Å². The molecule has 2 aromatic rings. The fraction of sp³-hybridized carbons (Fsp3) is 0.188. The molecule has 0 aliphatic carbocycles. The van der Waals surface area contributed by atoms with Gasteiger partial charge in [-0.2, -0.15) is 0 Å². The Balaban J connectivity index is 2.37. The van der Waals surface area contributed by atoms with E-state index in [-0.39, 0.29) is 12.2 Å². The van der Waals surface area contributed by atoms with Crippen molar-refractivity contribution in [1.29, 1.82) is 0 Å². The molecule has 2 rings (SSSR count). The summed E-state index contributed by atoms with van der Waals surface area (Å²) in [6.07, 6.45) is 0.203. The third-order valence-corrected chi connectivity index (χ3v) is 3.42. The van der Waals surface area contributed by atoms with Gasteiger partial charge in [0.25, 0.3) is 0 Å². The molecule has 0 radical (unpaired) electrons. The van der Waals surface area contributed by atoms with E-state index in [9.17, 15) is 18.7 Å². The molecule has 1 unspecified atom stereocenters. The average molecular weight is 276 g/mol. The Morgan fingerprint density at radius 3 is 1.90 bits per heavy atom. The highest BCUT2D eigenvalue weighted by atomic mass is 19.1. The second kappa shape index (κ2) is 5.41. The van der Waals surface area contributed by atoms with E-state index in [1.165, 1.54) is 36.4 Å². The van der Waals surface area contributed by atoms with E-state index in [2.05, 4.69) is 0 Å². The number of hydrogen-bond donors (Lipinski definition) is 1. The van der Waals surface area contributed by atoms with Crippen LogP contribution in [0.3, 0.4) is 0 Å². The Bertz CT molecular complexity index is 605. The highest BCUT2D eigenvalue weighted by Gasteiger charge is 2.35. The molecule has 0 aliphatic rings. The van der Waals surface area contributed by atoms with Crippen molar-refractivity contribution < 1.29 is 18.7 Å². The summed E-state index contributed by atoms with van der Waals surface area (Å²) in [5.74, 6) is -1.79. The van der Waals surface area contributed by atoms with E-state index in [4.69, 9.17) is 0 Å². The summed E-state index contributed by atoms with van der Waals surface area (Å²) >= 11 is 0. The Labute approximate surface area is 115 Å². The van der Waals surface area contributed by atoms with E-state index in [1.807, 2.05) is 0 Å². The quantitative estimate of drug-likeness (QED) is 0.927. The molecule has 20 heavy (non-hydrogen) atoms. The maximum atomic E-state index is 13.0. The van der Waals surface area contributed by atoms with Gasteiger partial charge in [-0.05, 0) is 48.7 Å². The van der Waals surface area contributed by atoms with Gasteiger partial charge in [0.2, 0.25) is 0 Å². The molecule has 1 N–H and O–H groups in total. The average Bonchev–Trinajstić information content (AvgIpc) is 2.42. The molecule has 0 bridgehead atoms. The van der Waals surface area contributed by atoms with Crippen molar-refractivity contribution in [3.05, 3.63) is 71.3 Å². The standard InChI is InChI=1S/C16H14F2O2/c1-16(15(19)20,12-4-8-14(18)9-5-12)10-11-2-6-13(17)7-3-11/h2-9H,10H2,1H3,(H,19,20). The minimum atomic E-state index is -1.19. The first kappa shape index (κ1) is 14.2. The van der Waals surface area contributed by atoms with E-state index in [0.717, 1.165) is 0 Å². The van der Waals surface area contributed by atoms with Crippen LogP contribution in [0, 0.1) is 11.6 Å². The van der Waals surface area contributed by atoms with Crippen LogP contribution < -0.4 is 0 Å². The Kier molecular flexibility index (Phi) is 3.84. The van der Waals surface area contributed by atoms with Crippen LogP contribution >= 0.6 is 0 Å². The fourth-order valence-corrected chi connectivity index (χ4v) is 2.13. The van der Waals surface area contributed by atoms with Gasteiger partial charge in [-0.15, -0.1) is 0 Å². The van der Waals surface area contributed by atoms with Crippen molar-refractivity contribution in [2.45, 2.75) is 18.8 Å². The number of carboxylic acids is 1. The van der Waals surface area contributed by atoms with Gasteiger partial charge >= 0.3 is 5.97 Å². The second-order valence-electron chi connectivity index (χ2n) is 4.95. The number of hydrogen-bond acceptors (Lipinski definition) is 1. The van der Waals surface area contributed by atoms with Gasteiger partial charge in [-0.3, -0.25) is 4.79 Å². The van der Waals surface area contributed by atoms with Crippen LogP contribution in [0.2, 0.25) is 0 Å². The summed E-state index contributed by atoms with van der Waals surface area (Å²) in [4.78, 5) is 11.6. The SMILES string of the molecule is CC(Cc1ccc(F)cc1)(C(=O)O)c1ccc(F)cc1. The number of benzene rings is 2. The lowest BCUT2D eigenvalue weighted by Gasteiger charge is -2.25. The van der Waals surface area contributed by atoms with Crippen LogP contribution in [0.25, 0.3) is 0 Å². The molecule has 0 spiro atoms. The van der Waals surface area contributed by atoms with Gasteiger partial charge in [-0.1, -0.05) is 24.3 Å². The van der Waals surface area contributed by atoms with Crippen LogP contribution in [0.4, 0.5) is 8.78 Å². The molecule has 1 atom stereocenters. The first-order valence-electron chi connectivity index (χ1n) is 6.16. The van der Waals surface area contributed by atoms with Gasteiger partial charge in [0.05, 0.1) is 5.41 Å². The number of aliphatic carboxylic acids is 1. The molecule has 0 amide bonds. The Morgan fingerprint density at radius 2 is 1.45 bits per heavy atom. The molecular weight excluding hydrogens is 262 g/mol. The molecular formula is C16H14F2O2. The van der Waals surface area contributed by atoms with E-state index in [1.54, 1.807) is 19.1 Å². The van der Waals surface area contributed by atoms with Crippen molar-refractivity contribution in [2.24, 2.45) is 0 Å². The lowest BCUT2D eigenvalue weighted by molar-refractivity contribution is -0.143. The Morgan fingerprint density at radius 1 is 1.00 bits per heavy atom. The molecule has 0 aliphatic heterocycles. The third-order valence-electron chi connectivity index (χ3n) is 3.42. The first-order valence-corrected chi connectivity index (χ1v) is 6.16. The predicted octanol–water partition coefficient (Wildman–Crippen LogP) is 3.55. The summed E-state index contributed by atoms with van der Waals surface area (Å²) in [7, 11) is 0. The zero-order valence-electron chi connectivity index (χ0n) is 10.9. The third kappa shape index (κ3) is 2.85. The topological polar surface area (TPSA) is 37.3 Å². The van der Waals surface area contributed by atoms with E-state index in [0.29, 0.717) is 11.1 Å². The van der Waals surface area contributed by atoms with Gasteiger partial charge in [-0.25, -0.2) is 8.78 Å². The molecule has 2 aromatic carbocycles. The highest BCUT2D eigenvalue weighted by Crippen LogP contribution is 2.29. The lowest BCUT2D eigenvalue weighted by Crippen LogP contribution is -2.34. The molecule has 4 heteroatoms. The number of carboxylic acid groups (broad SMARTS) is 1. The zero-order valence-corrected chi connectivity index (χ0v) is 10.9. The van der Waals surface area contributed by atoms with Gasteiger partial charge in [0.1, 0.15) is 11.6 Å². The molecule has 0 saturated carbocycles. The normalized spacial score (nSPS) is 13.8. The minimum absolute atomic E-state index is 0.203. The van der Waals surface area contributed by atoms with Crippen LogP contribution in [0.1, 0.15) is 18.1 Å². The van der Waals surface area contributed by atoms with Crippen LogP contribution in [0.15, 0.2) is 48.5 Å². The van der Waals surface area contributed by atoms with E-state index >= 15 is 0 Å². The smallest absolute Gasteiger partial charge is 0.314 e. The van der Waals surface area contributed by atoms with Gasteiger partial charge in [0.15, 0.2) is 0 Å². The number of rotatable bonds is 4. The summed E-state index contributed by atoms with van der Waals surface area (Å²) in [5.41, 5.74) is 0.0299. The lowest BCUT2D eigenvalue weighted by atomic mass is 9.77. The zero-order chi connectivity index (χ0) is 14.8. The molecule has 104 valence electrons.